The summed E-state index contributed by atoms with van der Waals surface area (Å²) in [5.41, 5.74) is 8.73. The number of hydrogen-bond donors (Lipinski definition) is 0. The summed E-state index contributed by atoms with van der Waals surface area (Å²) in [5, 5.41) is 0. The quantitative estimate of drug-likeness (QED) is 0.381. The molecule has 0 aliphatic carbocycles. The molecule has 0 fully saturated rings. The zero-order chi connectivity index (χ0) is 23.7. The summed E-state index contributed by atoms with van der Waals surface area (Å²) in [5.74, 6) is 0.488. The maximum Gasteiger partial charge on any atom is -0.00978 e. The molecule has 0 nitrogen and oxygen atoms in total. The molecule has 0 bridgehead atoms. The maximum absolute atomic E-state index is 2.45. The minimum Gasteiger partial charge on any atom is -0.0622 e. The zero-order valence-corrected chi connectivity index (χ0v) is 21.7. The molecule has 32 heavy (non-hydrogen) atoms. The SMILES string of the molecule is CC(CC(C)(C)c1ccc(-c2ccccc2)cc1)c1cc(C(C)(C)C)cc(C(C)(C)C)c1. The minimum atomic E-state index is 0.105. The molecule has 0 heteroatoms. The van der Waals surface area contributed by atoms with Crippen LogP contribution >= 0.6 is 0 Å². The molecule has 0 N–H and O–H groups in total. The van der Waals surface area contributed by atoms with Crippen LogP contribution in [-0.2, 0) is 16.2 Å². The van der Waals surface area contributed by atoms with Gasteiger partial charge in [0.05, 0.1) is 0 Å². The van der Waals surface area contributed by atoms with Crippen molar-refractivity contribution in [1.29, 1.82) is 0 Å². The summed E-state index contributed by atoms with van der Waals surface area (Å²) < 4.78 is 0. The molecule has 1 atom stereocenters. The van der Waals surface area contributed by atoms with Gasteiger partial charge in [0.1, 0.15) is 0 Å². The third kappa shape index (κ3) is 5.71. The van der Waals surface area contributed by atoms with E-state index in [1.165, 1.54) is 33.4 Å². The second-order valence-electron chi connectivity index (χ2n) is 12.3. The van der Waals surface area contributed by atoms with Crippen LogP contribution in [-0.4, -0.2) is 0 Å². The smallest absolute Gasteiger partial charge is 0.00978 e. The Balaban J connectivity index is 1.87. The summed E-state index contributed by atoms with van der Waals surface area (Å²) >= 11 is 0. The largest absolute Gasteiger partial charge is 0.0622 e. The van der Waals surface area contributed by atoms with E-state index in [0.717, 1.165) is 6.42 Å². The van der Waals surface area contributed by atoms with Gasteiger partial charge in [-0.1, -0.05) is 135 Å². The molecule has 0 saturated heterocycles. The number of rotatable bonds is 5. The Morgan fingerprint density at radius 3 is 1.50 bits per heavy atom. The van der Waals surface area contributed by atoms with Crippen molar-refractivity contribution in [1.82, 2.24) is 0 Å². The van der Waals surface area contributed by atoms with E-state index in [-0.39, 0.29) is 16.2 Å². The number of hydrogen-bond acceptors (Lipinski definition) is 0. The molecular weight excluding hydrogens is 384 g/mol. The van der Waals surface area contributed by atoms with E-state index in [4.69, 9.17) is 0 Å². The molecule has 3 aromatic rings. The van der Waals surface area contributed by atoms with Gasteiger partial charge in [-0.15, -0.1) is 0 Å². The average Bonchev–Trinajstić information content (AvgIpc) is 2.72. The maximum atomic E-state index is 2.45. The molecule has 3 aromatic carbocycles. The lowest BCUT2D eigenvalue weighted by molar-refractivity contribution is 0.437. The van der Waals surface area contributed by atoms with Crippen LogP contribution in [0.3, 0.4) is 0 Å². The van der Waals surface area contributed by atoms with E-state index >= 15 is 0 Å². The van der Waals surface area contributed by atoms with Gasteiger partial charge < -0.3 is 0 Å². The molecular formula is C32H42. The first kappa shape index (κ1) is 24.3. The first-order valence-electron chi connectivity index (χ1n) is 12.1. The van der Waals surface area contributed by atoms with E-state index < -0.39 is 0 Å². The summed E-state index contributed by atoms with van der Waals surface area (Å²) in [6.07, 6.45) is 1.12. The van der Waals surface area contributed by atoms with Crippen molar-refractivity contribution in [2.75, 3.05) is 0 Å². The van der Waals surface area contributed by atoms with Gasteiger partial charge in [-0.05, 0) is 62.0 Å². The molecule has 0 heterocycles. The molecule has 1 unspecified atom stereocenters. The second-order valence-corrected chi connectivity index (χ2v) is 12.3. The van der Waals surface area contributed by atoms with E-state index in [2.05, 4.69) is 135 Å². The van der Waals surface area contributed by atoms with Crippen molar-refractivity contribution < 1.29 is 0 Å². The summed E-state index contributed by atoms with van der Waals surface area (Å²) in [6, 6.07) is 27.1. The van der Waals surface area contributed by atoms with Gasteiger partial charge in [0.15, 0.2) is 0 Å². The predicted octanol–water partition coefficient (Wildman–Crippen LogP) is 9.42. The molecule has 0 radical (unpaired) electrons. The lowest BCUT2D eigenvalue weighted by Gasteiger charge is -2.31. The molecule has 0 aliphatic heterocycles. The van der Waals surface area contributed by atoms with E-state index in [1.54, 1.807) is 0 Å². The number of benzene rings is 3. The summed E-state index contributed by atoms with van der Waals surface area (Å²) in [7, 11) is 0. The van der Waals surface area contributed by atoms with Crippen LogP contribution in [0.15, 0.2) is 72.8 Å². The van der Waals surface area contributed by atoms with Crippen LogP contribution in [0.4, 0.5) is 0 Å². The Hall–Kier alpha value is -2.34. The Bertz CT molecular complexity index is 990. The fourth-order valence-corrected chi connectivity index (χ4v) is 4.55. The Morgan fingerprint density at radius 2 is 1.03 bits per heavy atom. The highest BCUT2D eigenvalue weighted by Gasteiger charge is 2.27. The molecule has 3 rings (SSSR count). The van der Waals surface area contributed by atoms with Crippen molar-refractivity contribution in [2.24, 2.45) is 0 Å². The second kappa shape index (κ2) is 8.89. The van der Waals surface area contributed by atoms with Crippen LogP contribution in [0.25, 0.3) is 11.1 Å². The van der Waals surface area contributed by atoms with Gasteiger partial charge in [0, 0.05) is 0 Å². The van der Waals surface area contributed by atoms with Gasteiger partial charge >= 0.3 is 0 Å². The van der Waals surface area contributed by atoms with E-state index in [9.17, 15) is 0 Å². The molecule has 0 spiro atoms. The Morgan fingerprint density at radius 1 is 0.562 bits per heavy atom. The Labute approximate surface area is 197 Å². The van der Waals surface area contributed by atoms with Gasteiger partial charge in [0.2, 0.25) is 0 Å². The first-order valence-corrected chi connectivity index (χ1v) is 12.1. The zero-order valence-electron chi connectivity index (χ0n) is 21.7. The van der Waals surface area contributed by atoms with Crippen LogP contribution in [0.2, 0.25) is 0 Å². The summed E-state index contributed by atoms with van der Waals surface area (Å²) in [4.78, 5) is 0. The van der Waals surface area contributed by atoms with E-state index in [1.807, 2.05) is 0 Å². The van der Waals surface area contributed by atoms with Crippen LogP contribution < -0.4 is 0 Å². The fourth-order valence-electron chi connectivity index (χ4n) is 4.55. The molecule has 170 valence electrons. The first-order chi connectivity index (χ1) is 14.8. The van der Waals surface area contributed by atoms with Crippen molar-refractivity contribution in [3.8, 4) is 11.1 Å². The van der Waals surface area contributed by atoms with Crippen molar-refractivity contribution in [3.05, 3.63) is 95.1 Å². The molecule has 0 aliphatic rings. The van der Waals surface area contributed by atoms with Gasteiger partial charge in [-0.3, -0.25) is 0 Å². The van der Waals surface area contributed by atoms with Crippen LogP contribution in [0, 0.1) is 0 Å². The normalized spacial score (nSPS) is 13.8. The van der Waals surface area contributed by atoms with Crippen molar-refractivity contribution >= 4 is 0 Å². The van der Waals surface area contributed by atoms with Crippen LogP contribution in [0.1, 0.15) is 96.9 Å². The van der Waals surface area contributed by atoms with Gasteiger partial charge in [0.25, 0.3) is 0 Å². The molecule has 0 saturated carbocycles. The lowest BCUT2D eigenvalue weighted by atomic mass is 9.73. The fraction of sp³-hybridized carbons (Fsp3) is 0.438. The van der Waals surface area contributed by atoms with Crippen LogP contribution in [0.5, 0.6) is 0 Å². The van der Waals surface area contributed by atoms with Crippen molar-refractivity contribution in [3.63, 3.8) is 0 Å². The van der Waals surface area contributed by atoms with Crippen molar-refractivity contribution in [2.45, 2.75) is 90.9 Å². The minimum absolute atomic E-state index is 0.105. The molecule has 0 aromatic heterocycles. The monoisotopic (exact) mass is 426 g/mol. The predicted molar refractivity (Wildman–Crippen MR) is 142 cm³/mol. The lowest BCUT2D eigenvalue weighted by Crippen LogP contribution is -2.21. The summed E-state index contributed by atoms with van der Waals surface area (Å²) in [6.45, 7) is 21.1. The third-order valence-electron chi connectivity index (χ3n) is 6.85. The van der Waals surface area contributed by atoms with Gasteiger partial charge in [-0.25, -0.2) is 0 Å². The average molecular weight is 427 g/mol. The standard InChI is InChI=1S/C32H42/c1-23(26-19-28(30(2,3)4)21-29(20-26)31(5,6)7)22-32(8,9)27-17-15-25(16-18-27)24-13-11-10-12-14-24/h10-21,23H,22H2,1-9H3. The van der Waals surface area contributed by atoms with Gasteiger partial charge in [-0.2, -0.15) is 0 Å². The van der Waals surface area contributed by atoms with E-state index in [0.29, 0.717) is 5.92 Å². The highest BCUT2D eigenvalue weighted by Crippen LogP contribution is 2.38. The third-order valence-corrected chi connectivity index (χ3v) is 6.85. The highest BCUT2D eigenvalue weighted by molar-refractivity contribution is 5.63. The Kier molecular flexibility index (Phi) is 6.75. The highest BCUT2D eigenvalue weighted by atomic mass is 14.3. The molecule has 0 amide bonds. The topological polar surface area (TPSA) is 0 Å².